The number of nitrogens with one attached hydrogen (secondary N) is 1. The molecule has 2 aromatic rings. The van der Waals surface area contributed by atoms with Crippen LogP contribution in [0, 0.1) is 0 Å². The van der Waals surface area contributed by atoms with Crippen molar-refractivity contribution in [2.24, 2.45) is 5.73 Å². The molecule has 1 aliphatic heterocycles. The van der Waals surface area contributed by atoms with Gasteiger partial charge in [-0.3, -0.25) is 9.59 Å². The van der Waals surface area contributed by atoms with Gasteiger partial charge in [0.05, 0.1) is 19.8 Å². The third-order valence-corrected chi connectivity index (χ3v) is 4.39. The molecule has 2 atom stereocenters. The van der Waals surface area contributed by atoms with Crippen LogP contribution in [0.4, 0.5) is 13.2 Å². The lowest BCUT2D eigenvalue weighted by atomic mass is 10.0. The highest BCUT2D eigenvalue weighted by atomic mass is 19.4. The van der Waals surface area contributed by atoms with Crippen LogP contribution in [-0.4, -0.2) is 54.6 Å². The van der Waals surface area contributed by atoms with Crippen LogP contribution >= 0.6 is 0 Å². The monoisotopic (exact) mass is 428 g/mol. The summed E-state index contributed by atoms with van der Waals surface area (Å²) in [6, 6.07) is 6.42. The van der Waals surface area contributed by atoms with Gasteiger partial charge in [-0.2, -0.15) is 13.2 Å². The molecule has 0 saturated carbocycles. The molecule has 30 heavy (non-hydrogen) atoms. The highest BCUT2D eigenvalue weighted by Crippen LogP contribution is 2.35. The van der Waals surface area contributed by atoms with Gasteiger partial charge < -0.3 is 30.0 Å². The Hall–Kier alpha value is -2.89. The van der Waals surface area contributed by atoms with E-state index in [1.165, 1.54) is 24.3 Å². The summed E-state index contributed by atoms with van der Waals surface area (Å²) < 4.78 is 56.5. The normalized spacial score (nSPS) is 19.5. The van der Waals surface area contributed by atoms with E-state index >= 15 is 0 Å². The van der Waals surface area contributed by atoms with Crippen molar-refractivity contribution in [2.75, 3.05) is 26.4 Å². The number of nitrogens with two attached hydrogens (primary N) is 1. The number of H-pyrrole nitrogens is 1. The molecule has 2 heterocycles. The number of rotatable bonds is 6. The molecule has 0 aliphatic carbocycles. The predicted molar refractivity (Wildman–Crippen MR) is 98.1 cm³/mol. The Kier molecular flexibility index (Phi) is 6.44. The molecule has 2 unspecified atom stereocenters. The standard InChI is InChI=1S/C19H19F3N2O6/c20-19(21,22)16-14(5-15(17(23)26)18(27)24-16)10-1-3-11(4-2-10)29-9-13-8-28-7-12(6-25)30-13/h1-5,12-13,25H,6-9H2,(H2,23,26)(H,24,27). The molecule has 1 aliphatic rings. The molecular weight excluding hydrogens is 409 g/mol. The number of primary amides is 1. The largest absolute Gasteiger partial charge is 0.491 e. The first-order valence-corrected chi connectivity index (χ1v) is 8.90. The Balaban J connectivity index is 1.81. The highest BCUT2D eigenvalue weighted by molar-refractivity contribution is 5.93. The molecule has 11 heteroatoms. The number of aliphatic hydroxyl groups is 1. The van der Waals surface area contributed by atoms with Crippen LogP contribution in [0.15, 0.2) is 35.1 Å². The maximum atomic E-state index is 13.4. The lowest BCUT2D eigenvalue weighted by molar-refractivity contribution is -0.158. The number of aromatic amines is 1. The summed E-state index contributed by atoms with van der Waals surface area (Å²) in [5.41, 5.74) is 1.71. The van der Waals surface area contributed by atoms with Crippen molar-refractivity contribution in [1.82, 2.24) is 4.98 Å². The Morgan fingerprint density at radius 2 is 1.90 bits per heavy atom. The van der Waals surface area contributed by atoms with Crippen molar-refractivity contribution in [3.05, 3.63) is 51.9 Å². The molecule has 1 saturated heterocycles. The Bertz CT molecular complexity index is 958. The summed E-state index contributed by atoms with van der Waals surface area (Å²) in [6.45, 7) is 0.514. The molecule has 0 radical (unpaired) electrons. The van der Waals surface area contributed by atoms with Crippen LogP contribution in [-0.2, 0) is 15.7 Å². The van der Waals surface area contributed by atoms with Gasteiger partial charge in [0.15, 0.2) is 0 Å². The number of pyridine rings is 1. The molecule has 8 nitrogen and oxygen atoms in total. The summed E-state index contributed by atoms with van der Waals surface area (Å²) >= 11 is 0. The van der Waals surface area contributed by atoms with Crippen molar-refractivity contribution in [1.29, 1.82) is 0 Å². The number of hydrogen-bond donors (Lipinski definition) is 3. The molecule has 1 fully saturated rings. The first-order chi connectivity index (χ1) is 14.2. The first kappa shape index (κ1) is 21.8. The fourth-order valence-corrected chi connectivity index (χ4v) is 2.95. The van der Waals surface area contributed by atoms with E-state index in [-0.39, 0.29) is 32.0 Å². The fourth-order valence-electron chi connectivity index (χ4n) is 2.95. The number of amides is 1. The first-order valence-electron chi connectivity index (χ1n) is 8.90. The predicted octanol–water partition coefficient (Wildman–Crippen LogP) is 1.31. The van der Waals surface area contributed by atoms with Gasteiger partial charge >= 0.3 is 6.18 Å². The van der Waals surface area contributed by atoms with Crippen molar-refractivity contribution >= 4 is 5.91 Å². The van der Waals surface area contributed by atoms with E-state index in [0.717, 1.165) is 6.07 Å². The number of carbonyl (C=O) groups excluding carboxylic acids is 1. The molecule has 162 valence electrons. The molecule has 4 N–H and O–H groups in total. The van der Waals surface area contributed by atoms with Gasteiger partial charge in [0.25, 0.3) is 11.5 Å². The van der Waals surface area contributed by atoms with Crippen LogP contribution in [0.3, 0.4) is 0 Å². The number of carbonyl (C=O) groups is 1. The van der Waals surface area contributed by atoms with E-state index in [4.69, 9.17) is 25.1 Å². The summed E-state index contributed by atoms with van der Waals surface area (Å²) in [6.07, 6.45) is -5.68. The molecule has 1 amide bonds. The molecule has 1 aromatic carbocycles. The van der Waals surface area contributed by atoms with Gasteiger partial charge in [-0.15, -0.1) is 0 Å². The number of ether oxygens (including phenoxy) is 3. The third-order valence-electron chi connectivity index (χ3n) is 4.39. The third kappa shape index (κ3) is 4.99. The van der Waals surface area contributed by atoms with E-state index in [0.29, 0.717) is 5.75 Å². The number of aromatic nitrogens is 1. The molecule has 0 spiro atoms. The number of hydrogen-bond acceptors (Lipinski definition) is 6. The molecule has 3 rings (SSSR count). The van der Waals surface area contributed by atoms with Crippen molar-refractivity contribution in [2.45, 2.75) is 18.4 Å². The molecule has 1 aromatic heterocycles. The Morgan fingerprint density at radius 3 is 2.50 bits per heavy atom. The average molecular weight is 428 g/mol. The topological polar surface area (TPSA) is 124 Å². The Morgan fingerprint density at radius 1 is 1.23 bits per heavy atom. The van der Waals surface area contributed by atoms with E-state index in [9.17, 15) is 22.8 Å². The maximum absolute atomic E-state index is 13.4. The lowest BCUT2D eigenvalue weighted by Crippen LogP contribution is -2.41. The zero-order valence-corrected chi connectivity index (χ0v) is 15.6. The SMILES string of the molecule is NC(=O)c1cc(-c2ccc(OCC3COCC(CO)O3)cc2)c(C(F)(F)F)[nH]c1=O. The van der Waals surface area contributed by atoms with Gasteiger partial charge in [0.1, 0.15) is 35.8 Å². The quantitative estimate of drug-likeness (QED) is 0.638. The minimum atomic E-state index is -4.85. The minimum absolute atomic E-state index is 0.103. The van der Waals surface area contributed by atoms with Gasteiger partial charge in [0, 0.05) is 5.56 Å². The van der Waals surface area contributed by atoms with E-state index in [2.05, 4.69) is 0 Å². The highest BCUT2D eigenvalue weighted by Gasteiger charge is 2.36. The van der Waals surface area contributed by atoms with Gasteiger partial charge in [-0.05, 0) is 23.8 Å². The van der Waals surface area contributed by atoms with Crippen LogP contribution in [0.2, 0.25) is 0 Å². The van der Waals surface area contributed by atoms with Gasteiger partial charge in [-0.1, -0.05) is 12.1 Å². The average Bonchev–Trinajstić information content (AvgIpc) is 2.72. The van der Waals surface area contributed by atoms with E-state index < -0.39 is 46.7 Å². The molecular formula is C19H19F3N2O6. The smallest absolute Gasteiger partial charge is 0.431 e. The Labute approximate surface area is 168 Å². The number of alkyl halides is 3. The summed E-state index contributed by atoms with van der Waals surface area (Å²) in [5.74, 6) is -0.774. The molecule has 0 bridgehead atoms. The van der Waals surface area contributed by atoms with Crippen LogP contribution in [0.25, 0.3) is 11.1 Å². The zero-order chi connectivity index (χ0) is 21.9. The fraction of sp³-hybridized carbons (Fsp3) is 0.368. The zero-order valence-electron chi connectivity index (χ0n) is 15.6. The van der Waals surface area contributed by atoms with Crippen LogP contribution in [0.5, 0.6) is 5.75 Å². The van der Waals surface area contributed by atoms with Gasteiger partial charge in [-0.25, -0.2) is 0 Å². The van der Waals surface area contributed by atoms with Gasteiger partial charge in [0.2, 0.25) is 0 Å². The lowest BCUT2D eigenvalue weighted by Gasteiger charge is -2.28. The number of aliphatic hydroxyl groups excluding tert-OH is 1. The second-order valence-corrected chi connectivity index (χ2v) is 6.60. The summed E-state index contributed by atoms with van der Waals surface area (Å²) in [5, 5.41) is 9.11. The van der Waals surface area contributed by atoms with E-state index in [1.54, 1.807) is 4.98 Å². The van der Waals surface area contributed by atoms with E-state index in [1.807, 2.05) is 0 Å². The minimum Gasteiger partial charge on any atom is -0.491 e. The van der Waals surface area contributed by atoms with Crippen molar-refractivity contribution in [3.8, 4) is 16.9 Å². The second-order valence-electron chi connectivity index (χ2n) is 6.60. The van der Waals surface area contributed by atoms with Crippen molar-refractivity contribution < 1.29 is 37.3 Å². The summed E-state index contributed by atoms with van der Waals surface area (Å²) in [7, 11) is 0. The number of benzene rings is 1. The van der Waals surface area contributed by atoms with Crippen LogP contribution in [0.1, 0.15) is 16.1 Å². The number of halogens is 3. The second kappa shape index (κ2) is 8.86. The summed E-state index contributed by atoms with van der Waals surface area (Å²) in [4.78, 5) is 24.8. The maximum Gasteiger partial charge on any atom is 0.431 e. The van der Waals surface area contributed by atoms with Crippen LogP contribution < -0.4 is 16.0 Å². The van der Waals surface area contributed by atoms with Crippen molar-refractivity contribution in [3.63, 3.8) is 0 Å².